The summed E-state index contributed by atoms with van der Waals surface area (Å²) in [5.74, 6) is 0. The zero-order valence-electron chi connectivity index (χ0n) is 5.82. The first kappa shape index (κ1) is 6.61. The average Bonchev–Trinajstić information content (AvgIpc) is 2.06. The molecule has 0 aromatic carbocycles. The fraction of sp³-hybridized carbons (Fsp3) is 0.125. The van der Waals surface area contributed by atoms with Gasteiger partial charge in [0.25, 0.3) is 0 Å². The van der Waals surface area contributed by atoms with Crippen LogP contribution in [0.5, 0.6) is 0 Å². The maximum atomic E-state index is 5.13. The Bertz CT molecular complexity index is 331. The van der Waals surface area contributed by atoms with Gasteiger partial charge < -0.3 is 0 Å². The molecule has 0 spiro atoms. The monoisotopic (exact) mass is 162 g/mol. The average molecular weight is 162 g/mol. The van der Waals surface area contributed by atoms with Gasteiger partial charge in [-0.25, -0.2) is 9.97 Å². The van der Waals surface area contributed by atoms with E-state index in [9.17, 15) is 0 Å². The Morgan fingerprint density at radius 2 is 2.36 bits per heavy atom. The summed E-state index contributed by atoms with van der Waals surface area (Å²) in [6.07, 6.45) is 8.16. The van der Waals surface area contributed by atoms with Crippen molar-refractivity contribution in [2.75, 3.05) is 0 Å². The smallest absolute Gasteiger partial charge is 0.116 e. The predicted molar refractivity (Wildman–Crippen MR) is 47.4 cm³/mol. The molecule has 0 radical (unpaired) electrons. The Morgan fingerprint density at radius 1 is 1.45 bits per heavy atom. The number of aromatic nitrogens is 2. The second kappa shape index (κ2) is 2.51. The molecular formula is C8H6N2S. The molecule has 0 saturated carbocycles. The molecule has 0 amide bonds. The summed E-state index contributed by atoms with van der Waals surface area (Å²) in [7, 11) is 0. The van der Waals surface area contributed by atoms with E-state index >= 15 is 0 Å². The number of allylic oxidation sites excluding steroid dienone is 1. The van der Waals surface area contributed by atoms with Gasteiger partial charge in [0.2, 0.25) is 0 Å². The molecule has 1 aliphatic rings. The molecule has 2 nitrogen and oxygen atoms in total. The molecule has 1 aromatic heterocycles. The van der Waals surface area contributed by atoms with E-state index in [4.69, 9.17) is 12.2 Å². The first-order valence-electron chi connectivity index (χ1n) is 3.37. The van der Waals surface area contributed by atoms with Crippen molar-refractivity contribution in [2.45, 2.75) is 6.42 Å². The fourth-order valence-electron chi connectivity index (χ4n) is 1.07. The number of fused-ring (bicyclic) bond motifs is 1. The van der Waals surface area contributed by atoms with E-state index in [-0.39, 0.29) is 0 Å². The van der Waals surface area contributed by atoms with Crippen molar-refractivity contribution in [3.05, 3.63) is 29.9 Å². The summed E-state index contributed by atoms with van der Waals surface area (Å²) in [6, 6.07) is 0. The highest BCUT2D eigenvalue weighted by molar-refractivity contribution is 7.80. The van der Waals surface area contributed by atoms with Crippen molar-refractivity contribution < 1.29 is 0 Å². The minimum atomic E-state index is 0.843. The zero-order valence-corrected chi connectivity index (χ0v) is 6.64. The van der Waals surface area contributed by atoms with Gasteiger partial charge in [-0.2, -0.15) is 0 Å². The first-order chi connectivity index (χ1) is 5.38. The molecule has 11 heavy (non-hydrogen) atoms. The highest BCUT2D eigenvalue weighted by atomic mass is 32.1. The summed E-state index contributed by atoms with van der Waals surface area (Å²) >= 11 is 5.13. The molecule has 0 N–H and O–H groups in total. The molecule has 0 saturated heterocycles. The van der Waals surface area contributed by atoms with E-state index in [0.29, 0.717) is 0 Å². The number of rotatable bonds is 0. The van der Waals surface area contributed by atoms with Crippen molar-refractivity contribution in [1.29, 1.82) is 0 Å². The van der Waals surface area contributed by atoms with Crippen molar-refractivity contribution in [1.82, 2.24) is 9.97 Å². The van der Waals surface area contributed by atoms with Gasteiger partial charge >= 0.3 is 0 Å². The molecule has 0 fully saturated rings. The van der Waals surface area contributed by atoms with Crippen LogP contribution < -0.4 is 0 Å². The first-order valence-corrected chi connectivity index (χ1v) is 3.78. The van der Waals surface area contributed by atoms with Gasteiger partial charge in [-0.1, -0.05) is 18.3 Å². The minimum absolute atomic E-state index is 0.843. The summed E-state index contributed by atoms with van der Waals surface area (Å²) in [4.78, 5) is 8.93. The SMILES string of the molecule is S=C1CC=Cc2ncncc21. The molecule has 3 heteroatoms. The molecule has 0 bridgehead atoms. The Labute approximate surface area is 70.0 Å². The highest BCUT2D eigenvalue weighted by Gasteiger charge is 2.09. The topological polar surface area (TPSA) is 25.8 Å². The van der Waals surface area contributed by atoms with E-state index in [2.05, 4.69) is 9.97 Å². The standard InChI is InChI=1S/C8H6N2S/c11-8-3-1-2-7-6(8)4-9-5-10-7/h1-2,4-5H,3H2. The van der Waals surface area contributed by atoms with Crippen LogP contribution in [0.25, 0.3) is 6.08 Å². The predicted octanol–water partition coefficient (Wildman–Crippen LogP) is 1.61. The van der Waals surface area contributed by atoms with Gasteiger partial charge in [-0.15, -0.1) is 0 Å². The Morgan fingerprint density at radius 3 is 3.18 bits per heavy atom. The van der Waals surface area contributed by atoms with Gasteiger partial charge in [-0.3, -0.25) is 0 Å². The molecule has 0 unspecified atom stereocenters. The normalized spacial score (nSPS) is 14.7. The van der Waals surface area contributed by atoms with Crippen LogP contribution in [0.15, 0.2) is 18.6 Å². The lowest BCUT2D eigenvalue weighted by molar-refractivity contribution is 1.13. The van der Waals surface area contributed by atoms with Crippen LogP contribution in [0.3, 0.4) is 0 Å². The van der Waals surface area contributed by atoms with E-state index < -0.39 is 0 Å². The van der Waals surface area contributed by atoms with Gasteiger partial charge in [-0.05, 0) is 6.08 Å². The molecule has 0 aliphatic heterocycles. The van der Waals surface area contributed by atoms with Crippen molar-refractivity contribution >= 4 is 23.2 Å². The van der Waals surface area contributed by atoms with E-state index in [1.54, 1.807) is 6.20 Å². The van der Waals surface area contributed by atoms with Gasteiger partial charge in [0, 0.05) is 23.0 Å². The Kier molecular flexibility index (Phi) is 1.51. The van der Waals surface area contributed by atoms with Crippen LogP contribution in [-0.2, 0) is 0 Å². The Balaban J connectivity index is 2.63. The molecule has 1 aliphatic carbocycles. The van der Waals surface area contributed by atoms with Crippen LogP contribution in [0.2, 0.25) is 0 Å². The largest absolute Gasteiger partial charge is 0.244 e. The molecule has 1 aromatic rings. The number of thiocarbonyl (C=S) groups is 1. The van der Waals surface area contributed by atoms with Gasteiger partial charge in [0.15, 0.2) is 0 Å². The maximum Gasteiger partial charge on any atom is 0.116 e. The third-order valence-corrected chi connectivity index (χ3v) is 2.01. The van der Waals surface area contributed by atoms with Crippen molar-refractivity contribution in [3.8, 4) is 0 Å². The van der Waals surface area contributed by atoms with Gasteiger partial charge in [0.1, 0.15) is 6.33 Å². The van der Waals surface area contributed by atoms with E-state index in [0.717, 1.165) is 22.5 Å². The molecule has 0 atom stereocenters. The lowest BCUT2D eigenvalue weighted by Crippen LogP contribution is -2.04. The summed E-state index contributed by atoms with van der Waals surface area (Å²) in [5, 5.41) is 0. The number of hydrogen-bond acceptors (Lipinski definition) is 3. The zero-order chi connectivity index (χ0) is 7.68. The molecular weight excluding hydrogens is 156 g/mol. The van der Waals surface area contributed by atoms with Crippen molar-refractivity contribution in [2.24, 2.45) is 0 Å². The lowest BCUT2D eigenvalue weighted by atomic mass is 10.0. The van der Waals surface area contributed by atoms with Crippen LogP contribution in [0, 0.1) is 0 Å². The van der Waals surface area contributed by atoms with Crippen molar-refractivity contribution in [3.63, 3.8) is 0 Å². The van der Waals surface area contributed by atoms with Gasteiger partial charge in [0.05, 0.1) is 5.69 Å². The third-order valence-electron chi connectivity index (χ3n) is 1.62. The number of hydrogen-bond donors (Lipinski definition) is 0. The quantitative estimate of drug-likeness (QED) is 0.542. The minimum Gasteiger partial charge on any atom is -0.244 e. The fourth-order valence-corrected chi connectivity index (χ4v) is 1.33. The maximum absolute atomic E-state index is 5.13. The van der Waals surface area contributed by atoms with E-state index in [1.165, 1.54) is 6.33 Å². The Hall–Kier alpha value is -1.09. The molecule has 2 rings (SSSR count). The van der Waals surface area contributed by atoms with E-state index in [1.807, 2.05) is 12.2 Å². The second-order valence-corrected chi connectivity index (χ2v) is 2.84. The number of nitrogens with zero attached hydrogens (tertiary/aromatic N) is 2. The van der Waals surface area contributed by atoms with Crippen LogP contribution >= 0.6 is 12.2 Å². The van der Waals surface area contributed by atoms with Crippen LogP contribution in [-0.4, -0.2) is 14.8 Å². The highest BCUT2D eigenvalue weighted by Crippen LogP contribution is 2.15. The second-order valence-electron chi connectivity index (χ2n) is 2.35. The summed E-state index contributed by atoms with van der Waals surface area (Å²) < 4.78 is 0. The summed E-state index contributed by atoms with van der Waals surface area (Å²) in [6.45, 7) is 0. The molecule has 54 valence electrons. The molecule has 1 heterocycles. The van der Waals surface area contributed by atoms with Crippen LogP contribution in [0.1, 0.15) is 17.7 Å². The summed E-state index contributed by atoms with van der Waals surface area (Å²) in [5.41, 5.74) is 1.95. The third kappa shape index (κ3) is 1.07. The van der Waals surface area contributed by atoms with Crippen LogP contribution in [0.4, 0.5) is 0 Å². The lowest BCUT2D eigenvalue weighted by Gasteiger charge is -2.07.